The molecule has 0 aliphatic heterocycles. The summed E-state index contributed by atoms with van der Waals surface area (Å²) in [7, 11) is -7.32. The minimum Gasteiger partial charge on any atom is -0.403 e. The fraction of sp³-hybridized carbons (Fsp3) is 0.0870. The number of sulfone groups is 1. The molecule has 180 valence electrons. The first-order valence-electron chi connectivity index (χ1n) is 10.2. The normalized spacial score (nSPS) is 11.7. The highest BCUT2D eigenvalue weighted by Crippen LogP contribution is 2.27. The minimum atomic E-state index is -3.78. The Bertz CT molecular complexity index is 1590. The maximum Gasteiger partial charge on any atom is 0.322 e. The van der Waals surface area contributed by atoms with E-state index in [1.165, 1.54) is 48.5 Å². The van der Waals surface area contributed by atoms with E-state index in [4.69, 9.17) is 4.42 Å². The van der Waals surface area contributed by atoms with Crippen LogP contribution in [0.2, 0.25) is 0 Å². The topological polar surface area (TPSA) is 148 Å². The Morgan fingerprint density at radius 1 is 0.857 bits per heavy atom. The fourth-order valence-corrected chi connectivity index (χ4v) is 5.08. The van der Waals surface area contributed by atoms with Crippen molar-refractivity contribution in [3.05, 3.63) is 83.9 Å². The number of benzene rings is 3. The summed E-state index contributed by atoms with van der Waals surface area (Å²) in [5, 5.41) is 10.0. The zero-order valence-electron chi connectivity index (χ0n) is 18.6. The standard InChI is InChI=1S/C23H20N4O6S2/c1-15-7-13-18(14-8-15)35(31,32)27-17-11-9-16(10-12-17)21(28)24-23-26-25-22(33-23)19-5-3-4-6-20(19)34(2,29)30/h3-14,27H,1-2H3,(H,24,26,28). The summed E-state index contributed by atoms with van der Waals surface area (Å²) < 4.78 is 56.9. The first-order valence-corrected chi connectivity index (χ1v) is 13.5. The third kappa shape index (κ3) is 5.55. The molecule has 10 nitrogen and oxygen atoms in total. The number of amides is 1. The van der Waals surface area contributed by atoms with Gasteiger partial charge in [-0.2, -0.15) is 0 Å². The highest BCUT2D eigenvalue weighted by Gasteiger charge is 2.20. The largest absolute Gasteiger partial charge is 0.403 e. The van der Waals surface area contributed by atoms with Gasteiger partial charge in [0.25, 0.3) is 21.8 Å². The van der Waals surface area contributed by atoms with Gasteiger partial charge < -0.3 is 4.42 Å². The van der Waals surface area contributed by atoms with Crippen molar-refractivity contribution in [3.8, 4) is 11.5 Å². The Kier molecular flexibility index (Phi) is 6.41. The Labute approximate surface area is 202 Å². The number of aryl methyl sites for hydroxylation is 1. The molecule has 0 spiro atoms. The Balaban J connectivity index is 1.47. The molecule has 4 rings (SSSR count). The van der Waals surface area contributed by atoms with E-state index in [-0.39, 0.29) is 38.5 Å². The van der Waals surface area contributed by atoms with Gasteiger partial charge in [0, 0.05) is 17.5 Å². The first kappa shape index (κ1) is 24.1. The number of carbonyl (C=O) groups is 1. The summed E-state index contributed by atoms with van der Waals surface area (Å²) in [5.41, 5.74) is 1.64. The maximum absolute atomic E-state index is 12.6. The van der Waals surface area contributed by atoms with Crippen molar-refractivity contribution in [1.82, 2.24) is 10.2 Å². The van der Waals surface area contributed by atoms with Crippen molar-refractivity contribution in [2.45, 2.75) is 16.7 Å². The van der Waals surface area contributed by atoms with Gasteiger partial charge in [-0.05, 0) is 55.5 Å². The second kappa shape index (κ2) is 9.31. The lowest BCUT2D eigenvalue weighted by atomic mass is 10.2. The molecule has 0 unspecified atom stereocenters. The monoisotopic (exact) mass is 512 g/mol. The van der Waals surface area contributed by atoms with Crippen molar-refractivity contribution in [2.75, 3.05) is 16.3 Å². The molecule has 0 fully saturated rings. The van der Waals surface area contributed by atoms with Gasteiger partial charge in [-0.15, -0.1) is 5.10 Å². The highest BCUT2D eigenvalue weighted by molar-refractivity contribution is 7.92. The van der Waals surface area contributed by atoms with Crippen LogP contribution >= 0.6 is 0 Å². The molecule has 4 aromatic rings. The number of carbonyl (C=O) groups excluding carboxylic acids is 1. The number of hydrogen-bond acceptors (Lipinski definition) is 8. The Hall–Kier alpha value is -4.03. The van der Waals surface area contributed by atoms with Crippen LogP contribution in [0.5, 0.6) is 0 Å². The molecule has 0 radical (unpaired) electrons. The van der Waals surface area contributed by atoms with Gasteiger partial charge in [-0.25, -0.2) is 16.8 Å². The molecular formula is C23H20N4O6S2. The van der Waals surface area contributed by atoms with Crippen LogP contribution in [0.3, 0.4) is 0 Å². The third-order valence-corrected chi connectivity index (χ3v) is 7.45. The van der Waals surface area contributed by atoms with E-state index in [2.05, 4.69) is 20.2 Å². The molecule has 1 amide bonds. The summed E-state index contributed by atoms with van der Waals surface area (Å²) >= 11 is 0. The van der Waals surface area contributed by atoms with Crippen molar-refractivity contribution in [1.29, 1.82) is 0 Å². The average Bonchev–Trinajstić information content (AvgIpc) is 3.27. The van der Waals surface area contributed by atoms with Gasteiger partial charge in [-0.3, -0.25) is 14.8 Å². The van der Waals surface area contributed by atoms with Crippen LogP contribution in [0.4, 0.5) is 11.7 Å². The number of sulfonamides is 1. The summed E-state index contributed by atoms with van der Waals surface area (Å²) in [6.07, 6.45) is 1.06. The Morgan fingerprint density at radius 2 is 1.51 bits per heavy atom. The van der Waals surface area contributed by atoms with Crippen molar-refractivity contribution in [2.24, 2.45) is 0 Å². The van der Waals surface area contributed by atoms with E-state index in [0.717, 1.165) is 11.8 Å². The molecule has 0 aliphatic rings. The van der Waals surface area contributed by atoms with Gasteiger partial charge in [0.2, 0.25) is 0 Å². The molecule has 0 bridgehead atoms. The minimum absolute atomic E-state index is 0.0187. The van der Waals surface area contributed by atoms with Crippen LogP contribution in [-0.4, -0.2) is 39.2 Å². The van der Waals surface area contributed by atoms with Gasteiger partial charge in [0.05, 0.1) is 15.4 Å². The first-order chi connectivity index (χ1) is 16.5. The fourth-order valence-electron chi connectivity index (χ4n) is 3.14. The molecule has 0 atom stereocenters. The molecule has 0 saturated heterocycles. The number of nitrogens with zero attached hydrogens (tertiary/aromatic N) is 2. The van der Waals surface area contributed by atoms with E-state index in [9.17, 15) is 21.6 Å². The second-order valence-corrected chi connectivity index (χ2v) is 11.3. The summed E-state index contributed by atoms with van der Waals surface area (Å²) in [5.74, 6) is -0.647. The van der Waals surface area contributed by atoms with Crippen LogP contribution in [-0.2, 0) is 19.9 Å². The highest BCUT2D eigenvalue weighted by atomic mass is 32.2. The van der Waals surface area contributed by atoms with Crippen molar-refractivity contribution >= 4 is 37.5 Å². The van der Waals surface area contributed by atoms with E-state index in [1.54, 1.807) is 24.3 Å². The molecule has 35 heavy (non-hydrogen) atoms. The van der Waals surface area contributed by atoms with Crippen molar-refractivity contribution < 1.29 is 26.0 Å². The predicted octanol–water partition coefficient (Wildman–Crippen LogP) is 3.50. The van der Waals surface area contributed by atoms with Gasteiger partial charge >= 0.3 is 6.01 Å². The molecule has 3 aromatic carbocycles. The van der Waals surface area contributed by atoms with Crippen LogP contribution in [0.25, 0.3) is 11.5 Å². The molecular weight excluding hydrogens is 492 g/mol. The molecule has 0 aliphatic carbocycles. The Morgan fingerprint density at radius 3 is 2.17 bits per heavy atom. The lowest BCUT2D eigenvalue weighted by Crippen LogP contribution is -2.14. The maximum atomic E-state index is 12.6. The lowest BCUT2D eigenvalue weighted by Gasteiger charge is -2.09. The number of anilines is 2. The smallest absolute Gasteiger partial charge is 0.322 e. The van der Waals surface area contributed by atoms with Crippen LogP contribution in [0, 0.1) is 6.92 Å². The van der Waals surface area contributed by atoms with Gasteiger partial charge in [-0.1, -0.05) is 34.9 Å². The number of hydrogen-bond donors (Lipinski definition) is 2. The molecule has 1 aromatic heterocycles. The SMILES string of the molecule is Cc1ccc(S(=O)(=O)Nc2ccc(C(=O)Nc3nnc(-c4ccccc4S(C)(=O)=O)o3)cc2)cc1. The zero-order chi connectivity index (χ0) is 25.2. The van der Waals surface area contributed by atoms with Gasteiger partial charge in [0.15, 0.2) is 9.84 Å². The van der Waals surface area contributed by atoms with E-state index >= 15 is 0 Å². The summed E-state index contributed by atoms with van der Waals surface area (Å²) in [6.45, 7) is 1.86. The molecule has 0 saturated carbocycles. The quantitative estimate of drug-likeness (QED) is 0.382. The van der Waals surface area contributed by atoms with E-state index < -0.39 is 25.8 Å². The average molecular weight is 513 g/mol. The molecule has 12 heteroatoms. The molecule has 1 heterocycles. The summed E-state index contributed by atoms with van der Waals surface area (Å²) in [4.78, 5) is 12.7. The third-order valence-electron chi connectivity index (χ3n) is 4.89. The number of aromatic nitrogens is 2. The van der Waals surface area contributed by atoms with Crippen LogP contribution in [0.1, 0.15) is 15.9 Å². The van der Waals surface area contributed by atoms with Crippen LogP contribution < -0.4 is 10.0 Å². The predicted molar refractivity (Wildman–Crippen MR) is 129 cm³/mol. The lowest BCUT2D eigenvalue weighted by molar-refractivity contribution is 0.102. The van der Waals surface area contributed by atoms with E-state index in [1.807, 2.05) is 6.92 Å². The van der Waals surface area contributed by atoms with E-state index in [0.29, 0.717) is 0 Å². The number of nitrogens with one attached hydrogen (secondary N) is 2. The number of rotatable bonds is 7. The second-order valence-electron chi connectivity index (χ2n) is 7.63. The molecule has 2 N–H and O–H groups in total. The zero-order valence-corrected chi connectivity index (χ0v) is 20.2. The van der Waals surface area contributed by atoms with Gasteiger partial charge in [0.1, 0.15) is 0 Å². The van der Waals surface area contributed by atoms with Crippen LogP contribution in [0.15, 0.2) is 87.0 Å². The van der Waals surface area contributed by atoms with Crippen molar-refractivity contribution in [3.63, 3.8) is 0 Å². The summed E-state index contributed by atoms with van der Waals surface area (Å²) in [6, 6.07) is 18.1.